The van der Waals surface area contributed by atoms with E-state index in [0.29, 0.717) is 32.7 Å². The summed E-state index contributed by atoms with van der Waals surface area (Å²) < 4.78 is 5.63. The van der Waals surface area contributed by atoms with Gasteiger partial charge >= 0.3 is 0 Å². The Kier molecular flexibility index (Phi) is 7.59. The summed E-state index contributed by atoms with van der Waals surface area (Å²) in [5.74, 6) is 1.65. The molecule has 0 aliphatic carbocycles. The van der Waals surface area contributed by atoms with Crippen LogP contribution in [0.5, 0.6) is 5.75 Å². The number of aromatic nitrogens is 1. The lowest BCUT2D eigenvalue weighted by Crippen LogP contribution is -2.45. The molecule has 2 aliphatic heterocycles. The molecule has 0 spiro atoms. The Balaban J connectivity index is 1.20. The molecule has 0 radical (unpaired) electrons. The number of hydrogen-bond donors (Lipinski definition) is 1. The number of ether oxygens (including phenoxy) is 1. The number of piperidine rings is 1. The van der Waals surface area contributed by atoms with E-state index in [2.05, 4.69) is 15.2 Å². The van der Waals surface area contributed by atoms with Crippen molar-refractivity contribution in [3.63, 3.8) is 0 Å². The summed E-state index contributed by atoms with van der Waals surface area (Å²) in [6.07, 6.45) is 6.26. The number of likely N-dealkylation sites (tertiary alicyclic amines) is 1. The molecule has 2 saturated heterocycles. The molecular formula is C25H32N4O3. The van der Waals surface area contributed by atoms with Gasteiger partial charge in [-0.05, 0) is 49.4 Å². The minimum absolute atomic E-state index is 0.00616. The lowest BCUT2D eigenvalue weighted by Gasteiger charge is -2.32. The molecule has 2 aliphatic rings. The first-order valence-corrected chi connectivity index (χ1v) is 11.6. The van der Waals surface area contributed by atoms with Crippen molar-refractivity contribution in [3.8, 4) is 5.75 Å². The molecule has 4 rings (SSSR count). The number of hydrogen-bond acceptors (Lipinski definition) is 5. The smallest absolute Gasteiger partial charge is 0.226 e. The molecule has 0 saturated carbocycles. The number of rotatable bonds is 8. The van der Waals surface area contributed by atoms with E-state index in [1.807, 2.05) is 48.7 Å². The maximum atomic E-state index is 12.7. The highest BCUT2D eigenvalue weighted by molar-refractivity contribution is 5.81. The zero-order valence-electron chi connectivity index (χ0n) is 18.5. The lowest BCUT2D eigenvalue weighted by molar-refractivity contribution is -0.136. The van der Waals surface area contributed by atoms with Crippen molar-refractivity contribution in [1.82, 2.24) is 15.2 Å². The fourth-order valence-electron chi connectivity index (χ4n) is 4.34. The summed E-state index contributed by atoms with van der Waals surface area (Å²) in [5.41, 5.74) is 0.989. The van der Waals surface area contributed by atoms with Crippen LogP contribution in [0, 0.1) is 5.92 Å². The molecular weight excluding hydrogens is 404 g/mol. The van der Waals surface area contributed by atoms with Crippen LogP contribution in [0.25, 0.3) is 0 Å². The summed E-state index contributed by atoms with van der Waals surface area (Å²) in [6, 6.07) is 13.6. The van der Waals surface area contributed by atoms with Crippen molar-refractivity contribution < 1.29 is 14.3 Å². The number of para-hydroxylation sites is 1. The van der Waals surface area contributed by atoms with Crippen LogP contribution in [0.15, 0.2) is 48.7 Å². The molecule has 0 bridgehead atoms. The van der Waals surface area contributed by atoms with Crippen LogP contribution < -0.4 is 15.0 Å². The molecule has 2 fully saturated rings. The van der Waals surface area contributed by atoms with E-state index in [4.69, 9.17) is 4.74 Å². The highest BCUT2D eigenvalue weighted by Gasteiger charge is 2.28. The van der Waals surface area contributed by atoms with Crippen molar-refractivity contribution in [2.24, 2.45) is 5.92 Å². The Morgan fingerprint density at radius 1 is 1.03 bits per heavy atom. The third-order valence-corrected chi connectivity index (χ3v) is 6.18. The Labute approximate surface area is 189 Å². The zero-order chi connectivity index (χ0) is 22.2. The van der Waals surface area contributed by atoms with Crippen LogP contribution in [0.2, 0.25) is 0 Å². The van der Waals surface area contributed by atoms with Crippen LogP contribution in [0.1, 0.15) is 37.7 Å². The number of benzene rings is 1. The Hall–Kier alpha value is -3.09. The summed E-state index contributed by atoms with van der Waals surface area (Å²) in [6.45, 7) is 4.12. The van der Waals surface area contributed by atoms with Crippen molar-refractivity contribution in [2.75, 3.05) is 37.7 Å². The zero-order valence-corrected chi connectivity index (χ0v) is 18.5. The number of carbonyl (C=O) groups is 2. The van der Waals surface area contributed by atoms with E-state index >= 15 is 0 Å². The highest BCUT2D eigenvalue weighted by Crippen LogP contribution is 2.19. The normalized spacial score (nSPS) is 18.4. The molecule has 170 valence electrons. The third kappa shape index (κ3) is 5.99. The van der Waals surface area contributed by atoms with Gasteiger partial charge < -0.3 is 19.9 Å². The molecule has 1 atom stereocenters. The SMILES string of the molecule is O=C(NCc1ccc(N2CCCC2)nc1)C1CCCN(C(=O)CCOc2ccccc2)C1. The van der Waals surface area contributed by atoms with Crippen LogP contribution in [-0.2, 0) is 16.1 Å². The van der Waals surface area contributed by atoms with Gasteiger partial charge in [0.05, 0.1) is 18.9 Å². The van der Waals surface area contributed by atoms with Crippen LogP contribution in [-0.4, -0.2) is 54.5 Å². The van der Waals surface area contributed by atoms with E-state index in [9.17, 15) is 9.59 Å². The topological polar surface area (TPSA) is 74.8 Å². The number of anilines is 1. The molecule has 3 heterocycles. The van der Waals surface area contributed by atoms with Gasteiger partial charge in [-0.1, -0.05) is 24.3 Å². The number of nitrogens with one attached hydrogen (secondary N) is 1. The fourth-order valence-corrected chi connectivity index (χ4v) is 4.34. The van der Waals surface area contributed by atoms with Gasteiger partial charge in [0.2, 0.25) is 11.8 Å². The van der Waals surface area contributed by atoms with Gasteiger partial charge in [0.15, 0.2) is 0 Å². The summed E-state index contributed by atoms with van der Waals surface area (Å²) in [5, 5.41) is 3.03. The van der Waals surface area contributed by atoms with Gasteiger partial charge in [0.1, 0.15) is 11.6 Å². The second-order valence-electron chi connectivity index (χ2n) is 8.53. The van der Waals surface area contributed by atoms with Gasteiger partial charge in [0, 0.05) is 38.9 Å². The largest absolute Gasteiger partial charge is 0.493 e. The minimum atomic E-state index is -0.167. The van der Waals surface area contributed by atoms with Crippen molar-refractivity contribution in [3.05, 3.63) is 54.2 Å². The maximum Gasteiger partial charge on any atom is 0.226 e. The van der Waals surface area contributed by atoms with Crippen molar-refractivity contribution >= 4 is 17.6 Å². The molecule has 1 unspecified atom stereocenters. The molecule has 7 heteroatoms. The first-order chi connectivity index (χ1) is 15.7. The van der Waals surface area contributed by atoms with E-state index in [1.165, 1.54) is 12.8 Å². The maximum absolute atomic E-state index is 12.7. The third-order valence-electron chi connectivity index (χ3n) is 6.18. The number of amides is 2. The van der Waals surface area contributed by atoms with Crippen molar-refractivity contribution in [2.45, 2.75) is 38.6 Å². The Morgan fingerprint density at radius 2 is 1.84 bits per heavy atom. The quantitative estimate of drug-likeness (QED) is 0.689. The van der Waals surface area contributed by atoms with Crippen LogP contribution in [0.3, 0.4) is 0 Å². The van der Waals surface area contributed by atoms with Gasteiger partial charge in [-0.25, -0.2) is 4.98 Å². The standard InChI is InChI=1S/C25H32N4O3/c30-24(12-16-32-22-8-2-1-3-9-22)29-15-6-7-21(19-29)25(31)27-18-20-10-11-23(26-17-20)28-13-4-5-14-28/h1-3,8-11,17,21H,4-7,12-16,18-19H2,(H,27,31). The Morgan fingerprint density at radius 3 is 2.59 bits per heavy atom. The predicted molar refractivity (Wildman–Crippen MR) is 123 cm³/mol. The van der Waals surface area contributed by atoms with Crippen molar-refractivity contribution in [1.29, 1.82) is 0 Å². The molecule has 2 aromatic rings. The second kappa shape index (κ2) is 11.0. The number of nitrogens with zero attached hydrogens (tertiary/aromatic N) is 3. The van der Waals surface area contributed by atoms with E-state index in [1.54, 1.807) is 4.90 Å². The highest BCUT2D eigenvalue weighted by atomic mass is 16.5. The predicted octanol–water partition coefficient (Wildman–Crippen LogP) is 3.01. The molecule has 1 N–H and O–H groups in total. The van der Waals surface area contributed by atoms with Gasteiger partial charge in [-0.3, -0.25) is 9.59 Å². The average molecular weight is 437 g/mol. The summed E-state index contributed by atoms with van der Waals surface area (Å²) in [4.78, 5) is 33.9. The second-order valence-corrected chi connectivity index (χ2v) is 8.53. The monoisotopic (exact) mass is 436 g/mol. The number of carbonyl (C=O) groups excluding carboxylic acids is 2. The first-order valence-electron chi connectivity index (χ1n) is 11.6. The fraction of sp³-hybridized carbons (Fsp3) is 0.480. The van der Waals surface area contributed by atoms with Crippen LogP contribution in [0.4, 0.5) is 5.82 Å². The van der Waals surface area contributed by atoms with E-state index < -0.39 is 0 Å². The Bertz CT molecular complexity index is 882. The molecule has 2 amide bonds. The minimum Gasteiger partial charge on any atom is -0.493 e. The first kappa shape index (κ1) is 22.1. The number of pyridine rings is 1. The van der Waals surface area contributed by atoms with E-state index in [-0.39, 0.29) is 17.7 Å². The average Bonchev–Trinajstić information content (AvgIpc) is 3.39. The van der Waals surface area contributed by atoms with Gasteiger partial charge in [-0.15, -0.1) is 0 Å². The molecule has 1 aromatic carbocycles. The summed E-state index contributed by atoms with van der Waals surface area (Å²) in [7, 11) is 0. The van der Waals surface area contributed by atoms with Crippen LogP contribution >= 0.6 is 0 Å². The molecule has 1 aromatic heterocycles. The van der Waals surface area contributed by atoms with Gasteiger partial charge in [0.25, 0.3) is 0 Å². The van der Waals surface area contributed by atoms with Gasteiger partial charge in [-0.2, -0.15) is 0 Å². The van der Waals surface area contributed by atoms with E-state index in [0.717, 1.165) is 43.1 Å². The molecule has 32 heavy (non-hydrogen) atoms. The molecule has 7 nitrogen and oxygen atoms in total. The summed E-state index contributed by atoms with van der Waals surface area (Å²) >= 11 is 0. The lowest BCUT2D eigenvalue weighted by atomic mass is 9.96.